The number of aliphatic hydroxyl groups is 1. The number of aliphatic hydroxyl groups excluding tert-OH is 1. The summed E-state index contributed by atoms with van der Waals surface area (Å²) in [5.74, 6) is -1.74. The average molecular weight is 255 g/mol. The van der Waals surface area contributed by atoms with Crippen LogP contribution in [0.3, 0.4) is 0 Å². The highest BCUT2D eigenvalue weighted by molar-refractivity contribution is 7.89. The third-order valence-corrected chi connectivity index (χ3v) is 2.90. The Morgan fingerprint density at radius 3 is 2.44 bits per heavy atom. The van der Waals surface area contributed by atoms with E-state index in [9.17, 15) is 13.2 Å². The maximum absolute atomic E-state index is 11.2. The SMILES string of the molecule is CC(C)OCCS(=O)(=O)NC[C@H](O)C(=O)O. The zero-order valence-corrected chi connectivity index (χ0v) is 10.0. The van der Waals surface area contributed by atoms with Crippen LogP contribution >= 0.6 is 0 Å². The van der Waals surface area contributed by atoms with Crippen molar-refractivity contribution >= 4 is 16.0 Å². The Kier molecular flexibility index (Phi) is 6.49. The minimum absolute atomic E-state index is 0.0240. The molecule has 0 aromatic heterocycles. The van der Waals surface area contributed by atoms with Gasteiger partial charge >= 0.3 is 5.97 Å². The molecule has 0 aromatic rings. The molecule has 0 aliphatic heterocycles. The molecule has 0 unspecified atom stereocenters. The summed E-state index contributed by atoms with van der Waals surface area (Å²) in [6.45, 7) is 3.03. The highest BCUT2D eigenvalue weighted by atomic mass is 32.2. The van der Waals surface area contributed by atoms with Gasteiger partial charge in [-0.05, 0) is 13.8 Å². The molecule has 0 heterocycles. The van der Waals surface area contributed by atoms with Crippen molar-refractivity contribution in [2.45, 2.75) is 26.1 Å². The van der Waals surface area contributed by atoms with E-state index in [1.165, 1.54) is 0 Å². The quantitative estimate of drug-likeness (QED) is 0.501. The molecule has 16 heavy (non-hydrogen) atoms. The summed E-state index contributed by atoms with van der Waals surface area (Å²) in [6, 6.07) is 0. The molecule has 0 aliphatic carbocycles. The molecule has 3 N–H and O–H groups in total. The van der Waals surface area contributed by atoms with Crippen molar-refractivity contribution < 1.29 is 28.2 Å². The first-order valence-corrected chi connectivity index (χ1v) is 6.39. The number of hydrogen-bond donors (Lipinski definition) is 3. The fourth-order valence-electron chi connectivity index (χ4n) is 0.759. The molecule has 0 saturated carbocycles. The number of carboxylic acid groups (broad SMARTS) is 1. The molecule has 0 aromatic carbocycles. The number of ether oxygens (including phenoxy) is 1. The van der Waals surface area contributed by atoms with E-state index in [0.29, 0.717) is 0 Å². The van der Waals surface area contributed by atoms with Crippen LogP contribution in [0.15, 0.2) is 0 Å². The number of carbonyl (C=O) groups is 1. The van der Waals surface area contributed by atoms with Gasteiger partial charge in [-0.3, -0.25) is 0 Å². The van der Waals surface area contributed by atoms with Gasteiger partial charge in [0.15, 0.2) is 6.10 Å². The van der Waals surface area contributed by atoms with Crippen molar-refractivity contribution in [3.05, 3.63) is 0 Å². The van der Waals surface area contributed by atoms with Gasteiger partial charge in [-0.15, -0.1) is 0 Å². The fraction of sp³-hybridized carbons (Fsp3) is 0.875. The van der Waals surface area contributed by atoms with E-state index in [-0.39, 0.29) is 18.5 Å². The lowest BCUT2D eigenvalue weighted by Crippen LogP contribution is -2.38. The Morgan fingerprint density at radius 2 is 2.00 bits per heavy atom. The number of carboxylic acids is 1. The van der Waals surface area contributed by atoms with Crippen molar-refractivity contribution in [3.8, 4) is 0 Å². The second-order valence-corrected chi connectivity index (χ2v) is 5.37. The monoisotopic (exact) mass is 255 g/mol. The summed E-state index contributed by atoms with van der Waals surface area (Å²) in [5.41, 5.74) is 0. The summed E-state index contributed by atoms with van der Waals surface area (Å²) >= 11 is 0. The summed E-state index contributed by atoms with van der Waals surface area (Å²) in [6.07, 6.45) is -1.80. The molecule has 0 amide bonds. The molecule has 0 radical (unpaired) electrons. The summed E-state index contributed by atoms with van der Waals surface area (Å²) < 4.78 is 29.5. The van der Waals surface area contributed by atoms with Gasteiger partial charge in [0.25, 0.3) is 0 Å². The van der Waals surface area contributed by atoms with Gasteiger partial charge < -0.3 is 14.9 Å². The zero-order chi connectivity index (χ0) is 12.8. The molecular formula is C8H17NO6S. The van der Waals surface area contributed by atoms with Crippen molar-refractivity contribution in [1.82, 2.24) is 4.72 Å². The topological polar surface area (TPSA) is 113 Å². The van der Waals surface area contributed by atoms with Crippen LogP contribution in [0.5, 0.6) is 0 Å². The lowest BCUT2D eigenvalue weighted by Gasteiger charge is -2.10. The summed E-state index contributed by atoms with van der Waals surface area (Å²) in [7, 11) is -3.60. The maximum Gasteiger partial charge on any atom is 0.333 e. The fourth-order valence-corrected chi connectivity index (χ4v) is 1.63. The van der Waals surface area contributed by atoms with Gasteiger partial charge in [0.2, 0.25) is 10.0 Å². The molecule has 0 saturated heterocycles. The van der Waals surface area contributed by atoms with Crippen LogP contribution < -0.4 is 4.72 Å². The van der Waals surface area contributed by atoms with Gasteiger partial charge in [0.05, 0.1) is 18.5 Å². The van der Waals surface area contributed by atoms with E-state index in [4.69, 9.17) is 14.9 Å². The summed E-state index contributed by atoms with van der Waals surface area (Å²) in [4.78, 5) is 10.2. The number of rotatable bonds is 8. The van der Waals surface area contributed by atoms with Crippen molar-refractivity contribution in [3.63, 3.8) is 0 Å². The minimum Gasteiger partial charge on any atom is -0.479 e. The van der Waals surface area contributed by atoms with E-state index in [1.54, 1.807) is 13.8 Å². The van der Waals surface area contributed by atoms with Crippen molar-refractivity contribution in [2.24, 2.45) is 0 Å². The first-order valence-electron chi connectivity index (χ1n) is 4.74. The third kappa shape index (κ3) is 7.57. The highest BCUT2D eigenvalue weighted by Gasteiger charge is 2.17. The largest absolute Gasteiger partial charge is 0.479 e. The van der Waals surface area contributed by atoms with Gasteiger partial charge in [0.1, 0.15) is 0 Å². The molecule has 8 heteroatoms. The third-order valence-electron chi connectivity index (χ3n) is 1.58. The number of nitrogens with one attached hydrogen (secondary N) is 1. The first kappa shape index (κ1) is 15.3. The first-order chi connectivity index (χ1) is 7.24. The van der Waals surface area contributed by atoms with Crippen LogP contribution in [0.1, 0.15) is 13.8 Å². The number of aliphatic carboxylic acids is 1. The molecule has 1 atom stereocenters. The van der Waals surface area contributed by atoms with Crippen LogP contribution in [0.4, 0.5) is 0 Å². The van der Waals surface area contributed by atoms with Gasteiger partial charge in [0, 0.05) is 6.54 Å². The predicted molar refractivity (Wildman–Crippen MR) is 56.5 cm³/mol. The van der Waals surface area contributed by atoms with Crippen LogP contribution in [0, 0.1) is 0 Å². The summed E-state index contributed by atoms with van der Waals surface area (Å²) in [5, 5.41) is 17.2. The Hall–Kier alpha value is -0.700. The van der Waals surface area contributed by atoms with Crippen LogP contribution in [0.25, 0.3) is 0 Å². The second-order valence-electron chi connectivity index (χ2n) is 3.44. The number of hydrogen-bond acceptors (Lipinski definition) is 5. The zero-order valence-electron chi connectivity index (χ0n) is 9.21. The lowest BCUT2D eigenvalue weighted by atomic mass is 10.4. The Balaban J connectivity index is 3.92. The Bertz CT molecular complexity index is 312. The maximum atomic E-state index is 11.2. The predicted octanol–water partition coefficient (Wildman–Crippen LogP) is -1.22. The molecule has 96 valence electrons. The van der Waals surface area contributed by atoms with E-state index in [0.717, 1.165) is 0 Å². The molecule has 0 fully saturated rings. The standard InChI is InChI=1S/C8H17NO6S/c1-6(2)15-3-4-16(13,14)9-5-7(10)8(11)12/h6-7,9-10H,3-5H2,1-2H3,(H,11,12)/t7-/m0/s1. The van der Waals surface area contributed by atoms with Crippen molar-refractivity contribution in [1.29, 1.82) is 0 Å². The van der Waals surface area contributed by atoms with Crippen LogP contribution in [0.2, 0.25) is 0 Å². The molecule has 0 spiro atoms. The second kappa shape index (κ2) is 6.79. The average Bonchev–Trinajstić information content (AvgIpc) is 2.13. The normalized spacial score (nSPS) is 14.0. The Labute approximate surface area is 94.5 Å². The smallest absolute Gasteiger partial charge is 0.333 e. The molecule has 0 rings (SSSR count). The lowest BCUT2D eigenvalue weighted by molar-refractivity contribution is -0.146. The van der Waals surface area contributed by atoms with E-state index in [2.05, 4.69) is 0 Å². The molecule has 0 aliphatic rings. The molecule has 0 bridgehead atoms. The van der Waals surface area contributed by atoms with E-state index >= 15 is 0 Å². The van der Waals surface area contributed by atoms with Gasteiger partial charge in [-0.25, -0.2) is 17.9 Å². The van der Waals surface area contributed by atoms with Crippen LogP contribution in [-0.2, 0) is 19.6 Å². The molecular weight excluding hydrogens is 238 g/mol. The minimum atomic E-state index is -3.60. The highest BCUT2D eigenvalue weighted by Crippen LogP contribution is 1.91. The van der Waals surface area contributed by atoms with Crippen LogP contribution in [-0.4, -0.2) is 55.7 Å². The Morgan fingerprint density at radius 1 is 1.44 bits per heavy atom. The number of sulfonamides is 1. The van der Waals surface area contributed by atoms with Gasteiger partial charge in [-0.1, -0.05) is 0 Å². The van der Waals surface area contributed by atoms with E-state index < -0.39 is 28.6 Å². The van der Waals surface area contributed by atoms with Gasteiger partial charge in [-0.2, -0.15) is 0 Å². The van der Waals surface area contributed by atoms with E-state index in [1.807, 2.05) is 4.72 Å². The molecule has 7 nitrogen and oxygen atoms in total. The van der Waals surface area contributed by atoms with Crippen molar-refractivity contribution in [2.75, 3.05) is 18.9 Å².